The summed E-state index contributed by atoms with van der Waals surface area (Å²) in [6.07, 6.45) is 3.13. The first-order valence-corrected chi connectivity index (χ1v) is 13.1. The number of fused-ring (bicyclic) bond motifs is 2. The molecule has 1 fully saturated rings. The lowest BCUT2D eigenvalue weighted by Crippen LogP contribution is -2.41. The van der Waals surface area contributed by atoms with E-state index in [0.717, 1.165) is 63.5 Å². The summed E-state index contributed by atoms with van der Waals surface area (Å²) in [7, 11) is 0. The van der Waals surface area contributed by atoms with Crippen LogP contribution in [-0.4, -0.2) is 52.4 Å². The normalized spacial score (nSPS) is 20.5. The highest BCUT2D eigenvalue weighted by Gasteiger charge is 2.36. The van der Waals surface area contributed by atoms with Gasteiger partial charge in [0.05, 0.1) is 23.4 Å². The molecule has 5 rings (SSSR count). The molecule has 7 nitrogen and oxygen atoms in total. The maximum Gasteiger partial charge on any atom is 0.407 e. The summed E-state index contributed by atoms with van der Waals surface area (Å²) in [5.74, 6) is 0.802. The Morgan fingerprint density at radius 3 is 2.91 bits per heavy atom. The Morgan fingerprint density at radius 2 is 2.14 bits per heavy atom. The number of rotatable bonds is 4. The molecule has 2 unspecified atom stereocenters. The van der Waals surface area contributed by atoms with Gasteiger partial charge in [-0.15, -0.1) is 11.3 Å². The van der Waals surface area contributed by atoms with Gasteiger partial charge in [0.15, 0.2) is 0 Å². The standard InChI is InChI=1S/C26H30ClN3O4S/c1-26(2,3)34-25(32)29-16-5-8-30(13-16)21-6-9-33-22-11-15(27)10-19(23(21)22)18-4-7-28-20-12-17(14-31)35-24(18)20/h4,7,10-12,16,21,31H,5-6,8-9,13-14H2,1-3H3,(H,29,32). The van der Waals surface area contributed by atoms with Gasteiger partial charge in [0, 0.05) is 58.8 Å². The number of halogens is 1. The summed E-state index contributed by atoms with van der Waals surface area (Å²) in [6, 6.07) is 8.00. The summed E-state index contributed by atoms with van der Waals surface area (Å²) >= 11 is 8.10. The number of benzene rings is 1. The van der Waals surface area contributed by atoms with Crippen LogP contribution in [0.2, 0.25) is 5.02 Å². The number of aromatic nitrogens is 1. The molecular weight excluding hydrogens is 486 g/mol. The number of thiophene rings is 1. The molecule has 3 aromatic rings. The molecule has 2 atom stereocenters. The van der Waals surface area contributed by atoms with Crippen molar-refractivity contribution in [2.45, 2.75) is 57.9 Å². The van der Waals surface area contributed by atoms with Crippen molar-refractivity contribution in [3.63, 3.8) is 0 Å². The Balaban J connectivity index is 1.47. The van der Waals surface area contributed by atoms with Crippen LogP contribution in [0.15, 0.2) is 30.5 Å². The molecule has 4 heterocycles. The minimum atomic E-state index is -0.524. The van der Waals surface area contributed by atoms with E-state index >= 15 is 0 Å². The third-order valence-corrected chi connectivity index (χ3v) is 7.74. The first-order valence-electron chi connectivity index (χ1n) is 11.9. The van der Waals surface area contributed by atoms with Crippen molar-refractivity contribution in [1.29, 1.82) is 0 Å². The third kappa shape index (κ3) is 5.11. The number of carbonyl (C=O) groups is 1. The predicted octanol–water partition coefficient (Wildman–Crippen LogP) is 5.53. The van der Waals surface area contributed by atoms with Crippen LogP contribution in [0, 0.1) is 0 Å². The average molecular weight is 516 g/mol. The van der Waals surface area contributed by atoms with Crippen LogP contribution in [0.5, 0.6) is 5.75 Å². The number of ether oxygens (including phenoxy) is 2. The van der Waals surface area contributed by atoms with E-state index in [1.807, 2.05) is 45.0 Å². The molecule has 186 valence electrons. The summed E-state index contributed by atoms with van der Waals surface area (Å²) in [6.45, 7) is 7.80. The second-order valence-electron chi connectivity index (χ2n) is 10.1. The van der Waals surface area contributed by atoms with Crippen LogP contribution in [-0.2, 0) is 11.3 Å². The van der Waals surface area contributed by atoms with Crippen molar-refractivity contribution in [1.82, 2.24) is 15.2 Å². The van der Waals surface area contributed by atoms with Crippen LogP contribution in [0.3, 0.4) is 0 Å². The number of aliphatic hydroxyl groups is 1. The number of amides is 1. The van der Waals surface area contributed by atoms with Gasteiger partial charge in [0.25, 0.3) is 0 Å². The largest absolute Gasteiger partial charge is 0.493 e. The Kier molecular flexibility index (Phi) is 6.65. The quantitative estimate of drug-likeness (QED) is 0.475. The average Bonchev–Trinajstić information content (AvgIpc) is 3.43. The maximum atomic E-state index is 12.3. The van der Waals surface area contributed by atoms with Crippen LogP contribution in [0.4, 0.5) is 4.79 Å². The highest BCUT2D eigenvalue weighted by atomic mass is 35.5. The van der Waals surface area contributed by atoms with Gasteiger partial charge in [-0.1, -0.05) is 11.6 Å². The van der Waals surface area contributed by atoms with E-state index in [1.165, 1.54) is 0 Å². The zero-order valence-corrected chi connectivity index (χ0v) is 21.7. The van der Waals surface area contributed by atoms with Gasteiger partial charge in [0.1, 0.15) is 11.4 Å². The summed E-state index contributed by atoms with van der Waals surface area (Å²) in [5, 5.41) is 13.3. The van der Waals surface area contributed by atoms with Gasteiger partial charge in [-0.3, -0.25) is 9.88 Å². The third-order valence-electron chi connectivity index (χ3n) is 6.38. The fraction of sp³-hybridized carbons (Fsp3) is 0.462. The second-order valence-corrected chi connectivity index (χ2v) is 11.7. The Bertz CT molecular complexity index is 1260. The fourth-order valence-corrected chi connectivity index (χ4v) is 6.22. The molecule has 9 heteroatoms. The molecule has 2 aliphatic heterocycles. The topological polar surface area (TPSA) is 83.9 Å². The van der Waals surface area contributed by atoms with Gasteiger partial charge in [-0.2, -0.15) is 0 Å². The number of carbonyl (C=O) groups excluding carboxylic acids is 1. The number of likely N-dealkylation sites (tertiary alicyclic amines) is 1. The van der Waals surface area contributed by atoms with Gasteiger partial charge >= 0.3 is 6.09 Å². The number of hydrogen-bond donors (Lipinski definition) is 2. The number of nitrogens with zero attached hydrogens (tertiary/aromatic N) is 2. The van der Waals surface area contributed by atoms with E-state index in [1.54, 1.807) is 17.5 Å². The highest BCUT2D eigenvalue weighted by Crippen LogP contribution is 2.47. The molecule has 0 spiro atoms. The molecular formula is C26H30ClN3O4S. The molecule has 0 radical (unpaired) electrons. The number of hydrogen-bond acceptors (Lipinski definition) is 7. The lowest BCUT2D eigenvalue weighted by atomic mass is 9.90. The van der Waals surface area contributed by atoms with E-state index in [4.69, 9.17) is 21.1 Å². The molecule has 2 aliphatic rings. The number of alkyl carbamates (subject to hydrolysis) is 1. The number of aliphatic hydroxyl groups excluding tert-OH is 1. The molecule has 2 aromatic heterocycles. The molecule has 2 N–H and O–H groups in total. The Morgan fingerprint density at radius 1 is 1.31 bits per heavy atom. The molecule has 1 amide bonds. The van der Waals surface area contributed by atoms with E-state index in [9.17, 15) is 9.90 Å². The van der Waals surface area contributed by atoms with Gasteiger partial charge in [-0.05, 0) is 57.0 Å². The van der Waals surface area contributed by atoms with Crippen molar-refractivity contribution in [3.8, 4) is 16.9 Å². The minimum absolute atomic E-state index is 0.0142. The van der Waals surface area contributed by atoms with Crippen molar-refractivity contribution < 1.29 is 19.4 Å². The summed E-state index contributed by atoms with van der Waals surface area (Å²) in [5.41, 5.74) is 3.52. The first kappa shape index (κ1) is 24.3. The van der Waals surface area contributed by atoms with Crippen molar-refractivity contribution in [3.05, 3.63) is 45.9 Å². The fourth-order valence-electron chi connectivity index (χ4n) is 5.01. The number of pyridine rings is 1. The highest BCUT2D eigenvalue weighted by molar-refractivity contribution is 7.19. The maximum absolute atomic E-state index is 12.3. The molecule has 0 aliphatic carbocycles. The molecule has 35 heavy (non-hydrogen) atoms. The Labute approximate surface area is 214 Å². The molecule has 1 aromatic carbocycles. The monoisotopic (exact) mass is 515 g/mol. The van der Waals surface area contributed by atoms with E-state index < -0.39 is 5.60 Å². The van der Waals surface area contributed by atoms with Gasteiger partial charge in [-0.25, -0.2) is 4.79 Å². The van der Waals surface area contributed by atoms with E-state index in [0.29, 0.717) is 11.6 Å². The van der Waals surface area contributed by atoms with E-state index in [2.05, 4.69) is 15.2 Å². The smallest absolute Gasteiger partial charge is 0.407 e. The van der Waals surface area contributed by atoms with Crippen molar-refractivity contribution in [2.24, 2.45) is 0 Å². The van der Waals surface area contributed by atoms with E-state index in [-0.39, 0.29) is 24.8 Å². The zero-order chi connectivity index (χ0) is 24.7. The predicted molar refractivity (Wildman–Crippen MR) is 138 cm³/mol. The van der Waals surface area contributed by atoms with Crippen LogP contribution in [0.1, 0.15) is 50.1 Å². The van der Waals surface area contributed by atoms with Crippen LogP contribution < -0.4 is 10.1 Å². The zero-order valence-electron chi connectivity index (χ0n) is 20.1. The van der Waals surface area contributed by atoms with Crippen molar-refractivity contribution in [2.75, 3.05) is 19.7 Å². The first-order chi connectivity index (χ1) is 16.7. The Hall–Kier alpha value is -2.39. The van der Waals surface area contributed by atoms with Gasteiger partial charge in [0.2, 0.25) is 0 Å². The summed E-state index contributed by atoms with van der Waals surface area (Å²) < 4.78 is 12.6. The second kappa shape index (κ2) is 9.58. The van der Waals surface area contributed by atoms with Crippen molar-refractivity contribution >= 4 is 39.2 Å². The van der Waals surface area contributed by atoms with Crippen LogP contribution in [0.25, 0.3) is 21.3 Å². The summed E-state index contributed by atoms with van der Waals surface area (Å²) in [4.78, 5) is 20.1. The molecule has 0 saturated carbocycles. The lowest BCUT2D eigenvalue weighted by Gasteiger charge is -2.35. The minimum Gasteiger partial charge on any atom is -0.493 e. The molecule has 1 saturated heterocycles. The van der Waals surface area contributed by atoms with Gasteiger partial charge < -0.3 is 19.9 Å². The van der Waals surface area contributed by atoms with Crippen LogP contribution >= 0.6 is 22.9 Å². The SMILES string of the molecule is CC(C)(C)OC(=O)NC1CCN(C2CCOc3cc(Cl)cc(-c4ccnc5cc(CO)sc45)c32)C1. The lowest BCUT2D eigenvalue weighted by molar-refractivity contribution is 0.0503. The molecule has 0 bridgehead atoms. The number of nitrogens with one attached hydrogen (secondary N) is 1.